The average Bonchev–Trinajstić information content (AvgIpc) is 2.55. The molecule has 0 spiro atoms. The zero-order valence-electron chi connectivity index (χ0n) is 8.73. The number of ether oxygens (including phenoxy) is 1. The van der Waals surface area contributed by atoms with Crippen LogP contribution in [0.5, 0.6) is 0 Å². The maximum absolute atomic E-state index is 11.4. The number of aliphatic hydroxyl groups is 1. The average molecular weight is 217 g/mol. The molecule has 1 aliphatic heterocycles. The smallest absolute Gasteiger partial charge is 0.344 e. The predicted octanol–water partition coefficient (Wildman–Crippen LogP) is 2.14. The molecule has 0 amide bonds. The lowest BCUT2D eigenvalue weighted by Crippen LogP contribution is -2.06. The van der Waals surface area contributed by atoms with Crippen LogP contribution in [0.1, 0.15) is 18.6 Å². The maximum atomic E-state index is 11.4. The minimum absolute atomic E-state index is 0.0148. The minimum Gasteiger partial charge on any atom is -0.507 e. The molecule has 0 radical (unpaired) electrons. The van der Waals surface area contributed by atoms with Crippen molar-refractivity contribution in [2.75, 3.05) is 0 Å². The minimum atomic E-state index is -0.774. The number of carbonyl (C=O) groups excluding carboxylic acids is 1. The van der Waals surface area contributed by atoms with Crippen molar-refractivity contribution in [1.82, 2.24) is 0 Å². The fourth-order valence-electron chi connectivity index (χ4n) is 1.66. The normalized spacial score (nSPS) is 19.8. The first-order valence-electron chi connectivity index (χ1n) is 4.86. The summed E-state index contributed by atoms with van der Waals surface area (Å²) in [5.41, 5.74) is 0.680. The molecule has 1 aliphatic rings. The summed E-state index contributed by atoms with van der Waals surface area (Å²) in [6.07, 6.45) is -0.774. The Morgan fingerprint density at radius 3 is 2.50 bits per heavy atom. The van der Waals surface area contributed by atoms with Gasteiger partial charge in [-0.05, 0) is 6.92 Å². The van der Waals surface area contributed by atoms with Gasteiger partial charge in [0, 0.05) is 11.3 Å². The third-order valence-corrected chi connectivity index (χ3v) is 2.41. The lowest BCUT2D eigenvalue weighted by atomic mass is 10.1. The number of esters is 1. The van der Waals surface area contributed by atoms with Crippen LogP contribution in [-0.2, 0) is 9.53 Å². The van der Waals surface area contributed by atoms with Gasteiger partial charge >= 0.3 is 5.97 Å². The Hall–Kier alpha value is -2.10. The summed E-state index contributed by atoms with van der Waals surface area (Å²) in [6.45, 7) is 1.44. The molecule has 0 saturated carbocycles. The first-order chi connectivity index (χ1) is 7.61. The van der Waals surface area contributed by atoms with E-state index in [1.165, 1.54) is 6.92 Å². The largest absolute Gasteiger partial charge is 0.507 e. The van der Waals surface area contributed by atoms with E-state index in [1.54, 1.807) is 24.3 Å². The number of carbonyl (C=O) groups is 1. The first kappa shape index (κ1) is 10.4. The summed E-state index contributed by atoms with van der Waals surface area (Å²) in [5, 5.41) is 17.2. The summed E-state index contributed by atoms with van der Waals surface area (Å²) in [6, 6.07) is 8.95. The van der Waals surface area contributed by atoms with E-state index in [-0.39, 0.29) is 17.0 Å². The van der Waals surface area contributed by atoms with E-state index in [4.69, 9.17) is 10.1 Å². The molecule has 16 heavy (non-hydrogen) atoms. The van der Waals surface area contributed by atoms with E-state index in [2.05, 4.69) is 0 Å². The van der Waals surface area contributed by atoms with Gasteiger partial charge in [-0.3, -0.25) is 0 Å². The Morgan fingerprint density at radius 2 is 2.00 bits per heavy atom. The van der Waals surface area contributed by atoms with Crippen LogP contribution in [-0.4, -0.2) is 16.8 Å². The van der Waals surface area contributed by atoms with Crippen LogP contribution < -0.4 is 0 Å². The van der Waals surface area contributed by atoms with E-state index < -0.39 is 12.1 Å². The molecule has 1 heterocycles. The fourth-order valence-corrected chi connectivity index (χ4v) is 1.66. The van der Waals surface area contributed by atoms with Crippen molar-refractivity contribution in [2.45, 2.75) is 13.0 Å². The standard InChI is InChI=1S/C12H11NO3/c1-7(13)9-10(14)11(16-12(9)15)8-5-3-2-4-6-8/h2-6,11,13-14H,1H3. The van der Waals surface area contributed by atoms with Crippen molar-refractivity contribution in [3.8, 4) is 0 Å². The lowest BCUT2D eigenvalue weighted by molar-refractivity contribution is -0.140. The van der Waals surface area contributed by atoms with Gasteiger partial charge in [0.1, 0.15) is 5.57 Å². The molecule has 1 unspecified atom stereocenters. The first-order valence-corrected chi connectivity index (χ1v) is 4.86. The number of rotatable bonds is 2. The van der Waals surface area contributed by atoms with Gasteiger partial charge in [-0.25, -0.2) is 4.79 Å². The van der Waals surface area contributed by atoms with Crippen molar-refractivity contribution in [3.63, 3.8) is 0 Å². The number of aliphatic hydroxyl groups excluding tert-OH is 1. The van der Waals surface area contributed by atoms with Gasteiger partial charge in [0.15, 0.2) is 11.9 Å². The van der Waals surface area contributed by atoms with Gasteiger partial charge < -0.3 is 15.3 Å². The molecule has 2 N–H and O–H groups in total. The van der Waals surface area contributed by atoms with Crippen LogP contribution in [0, 0.1) is 5.41 Å². The SMILES string of the molecule is CC(=N)C1=C(O)C(c2ccccc2)OC1=O. The van der Waals surface area contributed by atoms with Gasteiger partial charge in [0.25, 0.3) is 0 Å². The molecular weight excluding hydrogens is 206 g/mol. The van der Waals surface area contributed by atoms with Crippen LogP contribution in [0.2, 0.25) is 0 Å². The van der Waals surface area contributed by atoms with Crippen LogP contribution in [0.4, 0.5) is 0 Å². The number of hydrogen-bond donors (Lipinski definition) is 2. The second-order valence-corrected chi connectivity index (χ2v) is 3.58. The van der Waals surface area contributed by atoms with E-state index in [0.717, 1.165) is 0 Å². The molecule has 82 valence electrons. The van der Waals surface area contributed by atoms with Gasteiger partial charge in [-0.1, -0.05) is 30.3 Å². The van der Waals surface area contributed by atoms with Crippen LogP contribution in [0.15, 0.2) is 41.7 Å². The molecule has 1 aromatic carbocycles. The summed E-state index contributed by atoms with van der Waals surface area (Å²) in [4.78, 5) is 11.4. The lowest BCUT2D eigenvalue weighted by Gasteiger charge is -2.09. The molecule has 0 aliphatic carbocycles. The number of benzene rings is 1. The highest BCUT2D eigenvalue weighted by Gasteiger charge is 2.36. The third-order valence-electron chi connectivity index (χ3n) is 2.41. The molecule has 2 rings (SSSR count). The number of nitrogens with one attached hydrogen (secondary N) is 1. The highest BCUT2D eigenvalue weighted by atomic mass is 16.6. The Kier molecular flexibility index (Phi) is 2.48. The van der Waals surface area contributed by atoms with E-state index in [1.807, 2.05) is 6.07 Å². The van der Waals surface area contributed by atoms with Crippen LogP contribution in [0.3, 0.4) is 0 Å². The fraction of sp³-hybridized carbons (Fsp3) is 0.167. The molecule has 0 bridgehead atoms. The zero-order valence-corrected chi connectivity index (χ0v) is 8.73. The van der Waals surface area contributed by atoms with Gasteiger partial charge in [-0.15, -0.1) is 0 Å². The Morgan fingerprint density at radius 1 is 1.38 bits per heavy atom. The third kappa shape index (κ3) is 1.58. The molecule has 4 nitrogen and oxygen atoms in total. The van der Waals surface area contributed by atoms with Gasteiger partial charge in [0.2, 0.25) is 0 Å². The van der Waals surface area contributed by atoms with Gasteiger partial charge in [-0.2, -0.15) is 0 Å². The second-order valence-electron chi connectivity index (χ2n) is 3.58. The van der Waals surface area contributed by atoms with Crippen molar-refractivity contribution in [1.29, 1.82) is 5.41 Å². The molecule has 1 atom stereocenters. The van der Waals surface area contributed by atoms with Crippen LogP contribution in [0.25, 0.3) is 0 Å². The Labute approximate surface area is 92.7 Å². The molecule has 0 saturated heterocycles. The monoisotopic (exact) mass is 217 g/mol. The molecule has 0 aromatic heterocycles. The topological polar surface area (TPSA) is 70.4 Å². The summed E-state index contributed by atoms with van der Waals surface area (Å²) in [5.74, 6) is -0.817. The molecule has 0 fully saturated rings. The number of hydrogen-bond acceptors (Lipinski definition) is 4. The quantitative estimate of drug-likeness (QED) is 0.589. The van der Waals surface area contributed by atoms with Crippen molar-refractivity contribution in [3.05, 3.63) is 47.2 Å². The van der Waals surface area contributed by atoms with Crippen molar-refractivity contribution in [2.24, 2.45) is 0 Å². The molecule has 4 heteroatoms. The van der Waals surface area contributed by atoms with E-state index in [9.17, 15) is 9.90 Å². The highest BCUT2D eigenvalue weighted by Crippen LogP contribution is 2.33. The predicted molar refractivity (Wildman–Crippen MR) is 58.3 cm³/mol. The maximum Gasteiger partial charge on any atom is 0.344 e. The Bertz CT molecular complexity index is 476. The highest BCUT2D eigenvalue weighted by molar-refractivity contribution is 6.19. The molecular formula is C12H11NO3. The second kappa shape index (κ2) is 3.81. The van der Waals surface area contributed by atoms with Crippen molar-refractivity contribution >= 4 is 11.7 Å². The van der Waals surface area contributed by atoms with Crippen molar-refractivity contribution < 1.29 is 14.6 Å². The summed E-state index contributed by atoms with van der Waals surface area (Å²) < 4.78 is 5.03. The van der Waals surface area contributed by atoms with Crippen LogP contribution >= 0.6 is 0 Å². The zero-order chi connectivity index (χ0) is 11.7. The van der Waals surface area contributed by atoms with Gasteiger partial charge in [0.05, 0.1) is 0 Å². The van der Waals surface area contributed by atoms with E-state index in [0.29, 0.717) is 5.56 Å². The molecule has 1 aromatic rings. The summed E-state index contributed by atoms with van der Waals surface area (Å²) >= 11 is 0. The van der Waals surface area contributed by atoms with E-state index >= 15 is 0 Å². The number of cyclic esters (lactones) is 1. The Balaban J connectivity index is 2.42. The summed E-state index contributed by atoms with van der Waals surface area (Å²) in [7, 11) is 0.